The Hall–Kier alpha value is -4.90. The van der Waals surface area contributed by atoms with Crippen LogP contribution in [0.15, 0.2) is 36.9 Å². The second kappa shape index (κ2) is 20.5. The zero-order valence-electron chi connectivity index (χ0n) is 35.7. The number of pyridine rings is 2. The van der Waals surface area contributed by atoms with Crippen molar-refractivity contribution < 1.29 is 28.7 Å². The van der Waals surface area contributed by atoms with E-state index in [1.165, 1.54) is 13.8 Å². The highest BCUT2D eigenvalue weighted by Crippen LogP contribution is 2.36. The van der Waals surface area contributed by atoms with Crippen LogP contribution in [0.5, 0.6) is 0 Å². The molecule has 0 saturated heterocycles. The molecule has 2 unspecified atom stereocenters. The number of aromatic nitrogens is 6. The van der Waals surface area contributed by atoms with Crippen LogP contribution in [0.25, 0.3) is 22.3 Å². The average molecular weight is 892 g/mol. The first-order chi connectivity index (χ1) is 29.9. The first-order valence-electron chi connectivity index (χ1n) is 21.5. The third-order valence-electron chi connectivity index (χ3n) is 12.4. The van der Waals surface area contributed by atoms with Crippen molar-refractivity contribution in [3.8, 4) is 22.3 Å². The first kappa shape index (κ1) is 45.1. The van der Waals surface area contributed by atoms with E-state index in [0.717, 1.165) is 111 Å². The van der Waals surface area contributed by atoms with Crippen LogP contribution in [0.3, 0.4) is 0 Å². The smallest absolute Gasteiger partial charge is 0.228 e. The number of rotatable bonds is 10. The van der Waals surface area contributed by atoms with Gasteiger partial charge in [0.25, 0.3) is 0 Å². The molecule has 2 fully saturated rings. The Morgan fingerprint density at radius 2 is 1.03 bits per heavy atom. The van der Waals surface area contributed by atoms with Gasteiger partial charge in [0.2, 0.25) is 23.6 Å². The van der Waals surface area contributed by atoms with Gasteiger partial charge in [-0.2, -0.15) is 10.2 Å². The van der Waals surface area contributed by atoms with Gasteiger partial charge in [0.1, 0.15) is 11.6 Å². The summed E-state index contributed by atoms with van der Waals surface area (Å²) in [6, 6.07) is 3.72. The van der Waals surface area contributed by atoms with Crippen LogP contribution >= 0.6 is 23.2 Å². The Labute approximate surface area is 371 Å². The van der Waals surface area contributed by atoms with Gasteiger partial charge in [0.05, 0.1) is 47.7 Å². The molecule has 4 aromatic rings. The SMILES string of the molecule is COC1CCc2c(-c3cc(NC(=O)[C@H]4CCC[C@@H](NC(C)=O)C4)ncc3Cl)cnn2C1.COC1CCc2c(-c3cc(NC(=O)[C@H]4CCC[C@@H](NC(C)=O)C4)ncc3Cl)cnn2C1. The highest BCUT2D eigenvalue weighted by atomic mass is 35.5. The summed E-state index contributed by atoms with van der Waals surface area (Å²) in [5, 5.41) is 21.8. The summed E-state index contributed by atoms with van der Waals surface area (Å²) in [6.45, 7) is 4.45. The van der Waals surface area contributed by atoms with Crippen LogP contribution in [0.1, 0.15) is 89.4 Å². The van der Waals surface area contributed by atoms with Gasteiger partial charge in [-0.25, -0.2) is 9.97 Å². The number of carbonyl (C=O) groups is 4. The molecule has 18 heteroatoms. The number of halogens is 2. The number of amides is 4. The summed E-state index contributed by atoms with van der Waals surface area (Å²) in [7, 11) is 3.44. The lowest BCUT2D eigenvalue weighted by atomic mass is 9.85. The van der Waals surface area contributed by atoms with Crippen molar-refractivity contribution >= 4 is 58.5 Å². The molecule has 0 radical (unpaired) electrons. The Balaban J connectivity index is 0.000000186. The Morgan fingerprint density at radius 3 is 1.42 bits per heavy atom. The number of hydrogen-bond donors (Lipinski definition) is 4. The number of carbonyl (C=O) groups excluding carboxylic acids is 4. The van der Waals surface area contributed by atoms with E-state index in [-0.39, 0.29) is 59.8 Å². The predicted octanol–water partition coefficient (Wildman–Crippen LogP) is 6.39. The second-order valence-electron chi connectivity index (χ2n) is 16.8. The van der Waals surface area contributed by atoms with E-state index in [1.807, 2.05) is 33.9 Å². The molecule has 6 atom stereocenters. The number of methoxy groups -OCH3 is 2. The molecule has 4 aliphatic rings. The van der Waals surface area contributed by atoms with Gasteiger partial charge < -0.3 is 30.7 Å². The summed E-state index contributed by atoms with van der Waals surface area (Å²) < 4.78 is 14.9. The van der Waals surface area contributed by atoms with Gasteiger partial charge >= 0.3 is 0 Å². The molecule has 2 saturated carbocycles. The zero-order chi connectivity index (χ0) is 43.9. The summed E-state index contributed by atoms with van der Waals surface area (Å²) in [6.07, 6.45) is 17.2. The van der Waals surface area contributed by atoms with Crippen molar-refractivity contribution in [1.82, 2.24) is 40.2 Å². The number of nitrogens with one attached hydrogen (secondary N) is 4. The molecule has 0 spiro atoms. The molecule has 8 rings (SSSR count). The van der Waals surface area contributed by atoms with Gasteiger partial charge in [-0.15, -0.1) is 0 Å². The van der Waals surface area contributed by atoms with E-state index in [9.17, 15) is 19.2 Å². The third kappa shape index (κ3) is 11.0. The minimum Gasteiger partial charge on any atom is -0.380 e. The van der Waals surface area contributed by atoms with E-state index in [1.54, 1.807) is 26.6 Å². The largest absolute Gasteiger partial charge is 0.380 e. The fourth-order valence-electron chi connectivity index (χ4n) is 9.24. The van der Waals surface area contributed by atoms with Crippen LogP contribution in [-0.4, -0.2) is 91.7 Å². The van der Waals surface area contributed by atoms with Crippen LogP contribution in [-0.2, 0) is 54.6 Å². The van der Waals surface area contributed by atoms with E-state index >= 15 is 0 Å². The summed E-state index contributed by atoms with van der Waals surface area (Å²) >= 11 is 12.9. The number of hydrogen-bond acceptors (Lipinski definition) is 10. The molecule has 0 aromatic carbocycles. The number of fused-ring (bicyclic) bond motifs is 2. The van der Waals surface area contributed by atoms with Crippen molar-refractivity contribution in [2.45, 2.75) is 128 Å². The van der Waals surface area contributed by atoms with Gasteiger partial charge in [0.15, 0.2) is 0 Å². The van der Waals surface area contributed by atoms with E-state index in [2.05, 4.69) is 41.4 Å². The summed E-state index contributed by atoms with van der Waals surface area (Å²) in [4.78, 5) is 57.0. The maximum Gasteiger partial charge on any atom is 0.228 e. The Bertz CT molecular complexity index is 2110. The maximum absolute atomic E-state index is 12.9. The van der Waals surface area contributed by atoms with Crippen LogP contribution in [0.4, 0.5) is 11.6 Å². The molecule has 4 amide bonds. The molecule has 62 heavy (non-hydrogen) atoms. The molecule has 2 aliphatic carbocycles. The standard InChI is InChI=1S/2C22H28ClN5O3/c2*1-13(29)26-15-5-3-4-14(8-15)22(30)27-21-9-17(19(23)11-24-21)18-10-25-28-12-16(31-2)6-7-20(18)28/h2*9-11,14-16H,3-8,12H2,1-2H3,(H,26,29)(H,24,27,30)/t2*14-,15+,16?/m00/s1. The fraction of sp³-hybridized carbons (Fsp3) is 0.545. The lowest BCUT2D eigenvalue weighted by molar-refractivity contribution is -0.123. The number of anilines is 2. The highest BCUT2D eigenvalue weighted by molar-refractivity contribution is 6.33. The monoisotopic (exact) mass is 890 g/mol. The van der Waals surface area contributed by atoms with Crippen molar-refractivity contribution in [3.63, 3.8) is 0 Å². The van der Waals surface area contributed by atoms with Crippen molar-refractivity contribution in [3.05, 3.63) is 58.4 Å². The molecule has 6 heterocycles. The van der Waals surface area contributed by atoms with Crippen molar-refractivity contribution in [1.29, 1.82) is 0 Å². The summed E-state index contributed by atoms with van der Waals surface area (Å²) in [5.41, 5.74) is 5.77. The quantitative estimate of drug-likeness (QED) is 0.139. The topological polar surface area (TPSA) is 196 Å². The van der Waals surface area contributed by atoms with Crippen molar-refractivity contribution in [2.75, 3.05) is 24.9 Å². The molecule has 4 N–H and O–H groups in total. The van der Waals surface area contributed by atoms with Crippen molar-refractivity contribution in [2.24, 2.45) is 11.8 Å². The van der Waals surface area contributed by atoms with Gasteiger partial charge in [0, 0.05) is 98.0 Å². The predicted molar refractivity (Wildman–Crippen MR) is 236 cm³/mol. The minimum atomic E-state index is -0.151. The maximum atomic E-state index is 12.9. The molecule has 0 bridgehead atoms. The molecular formula is C44H56Cl2N10O6. The van der Waals surface area contributed by atoms with E-state index < -0.39 is 0 Å². The second-order valence-corrected chi connectivity index (χ2v) is 17.6. The molecule has 2 aliphatic heterocycles. The minimum absolute atomic E-state index is 0.0469. The first-order valence-corrected chi connectivity index (χ1v) is 22.3. The average Bonchev–Trinajstić information content (AvgIpc) is 3.88. The van der Waals surface area contributed by atoms with Gasteiger partial charge in [-0.3, -0.25) is 28.5 Å². The van der Waals surface area contributed by atoms with Gasteiger partial charge in [-0.05, 0) is 76.3 Å². The molecule has 332 valence electrons. The van der Waals surface area contributed by atoms with Crippen LogP contribution < -0.4 is 21.3 Å². The Kier molecular flexibility index (Phi) is 14.9. The lowest BCUT2D eigenvalue weighted by Crippen LogP contribution is -2.40. The molecule has 16 nitrogen and oxygen atoms in total. The van der Waals surface area contributed by atoms with Crippen LogP contribution in [0, 0.1) is 11.8 Å². The van der Waals surface area contributed by atoms with Gasteiger partial charge in [-0.1, -0.05) is 36.0 Å². The number of nitrogens with zero attached hydrogens (tertiary/aromatic N) is 6. The Morgan fingerprint density at radius 1 is 0.613 bits per heavy atom. The van der Waals surface area contributed by atoms with E-state index in [0.29, 0.717) is 34.5 Å². The zero-order valence-corrected chi connectivity index (χ0v) is 37.2. The third-order valence-corrected chi connectivity index (χ3v) is 13.0. The number of ether oxygens (including phenoxy) is 2. The molecule has 4 aromatic heterocycles. The molecular weight excluding hydrogens is 835 g/mol. The normalized spacial score (nSPS) is 23.1. The summed E-state index contributed by atoms with van der Waals surface area (Å²) in [5.74, 6) is 0.371. The fourth-order valence-corrected chi connectivity index (χ4v) is 9.65. The highest BCUT2D eigenvalue weighted by Gasteiger charge is 2.31. The lowest BCUT2D eigenvalue weighted by Gasteiger charge is -2.28. The van der Waals surface area contributed by atoms with Crippen LogP contribution in [0.2, 0.25) is 10.0 Å². The van der Waals surface area contributed by atoms with E-state index in [4.69, 9.17) is 32.7 Å².